The molecule has 0 aliphatic carbocycles. The summed E-state index contributed by atoms with van der Waals surface area (Å²) in [7, 11) is 0. The third kappa shape index (κ3) is 5.26. The number of hydrogen-bond acceptors (Lipinski definition) is 4. The third-order valence-electron chi connectivity index (χ3n) is 5.79. The molecule has 0 amide bonds. The maximum atomic E-state index is 12.6. The van der Waals surface area contributed by atoms with E-state index in [1.54, 1.807) is 48.5 Å². The molecule has 0 fully saturated rings. The molecule has 2 rings (SSSR count). The molecule has 0 aliphatic heterocycles. The first kappa shape index (κ1) is 22.7. The minimum absolute atomic E-state index is 0.149. The molecule has 2 aromatic rings. The van der Waals surface area contributed by atoms with E-state index in [1.807, 2.05) is 12.1 Å². The van der Waals surface area contributed by atoms with Crippen molar-refractivity contribution in [1.29, 1.82) is 0 Å². The lowest BCUT2D eigenvalue weighted by Crippen LogP contribution is -2.53. The molecule has 4 nitrogen and oxygen atoms in total. The Balaban J connectivity index is 2.25. The highest BCUT2D eigenvalue weighted by molar-refractivity contribution is 5.89. The van der Waals surface area contributed by atoms with Crippen molar-refractivity contribution in [1.82, 2.24) is 0 Å². The standard InChI is InChI=1S/C25H32O4/c1-23(2,3)25(24(4,5)6,17-28-21(26)19-13-9-7-10-14-19)18-29-22(27)20-15-11-8-12-16-20/h7-16H,17-18H2,1-6H3. The molecular weight excluding hydrogens is 364 g/mol. The van der Waals surface area contributed by atoms with Crippen LogP contribution in [0.5, 0.6) is 0 Å². The summed E-state index contributed by atoms with van der Waals surface area (Å²) in [5.74, 6) is -0.754. The second kappa shape index (κ2) is 8.81. The van der Waals surface area contributed by atoms with Crippen molar-refractivity contribution >= 4 is 11.9 Å². The summed E-state index contributed by atoms with van der Waals surface area (Å²) >= 11 is 0. The Bertz CT molecular complexity index is 740. The topological polar surface area (TPSA) is 52.6 Å². The van der Waals surface area contributed by atoms with Crippen LogP contribution >= 0.6 is 0 Å². The van der Waals surface area contributed by atoms with E-state index in [1.165, 1.54) is 0 Å². The second-order valence-corrected chi connectivity index (χ2v) is 9.47. The van der Waals surface area contributed by atoms with Gasteiger partial charge in [-0.1, -0.05) is 77.9 Å². The van der Waals surface area contributed by atoms with E-state index >= 15 is 0 Å². The van der Waals surface area contributed by atoms with Crippen molar-refractivity contribution in [2.45, 2.75) is 41.5 Å². The second-order valence-electron chi connectivity index (χ2n) is 9.47. The van der Waals surface area contributed by atoms with Crippen LogP contribution in [0.3, 0.4) is 0 Å². The van der Waals surface area contributed by atoms with Gasteiger partial charge in [-0.25, -0.2) is 9.59 Å². The molecule has 0 bridgehead atoms. The van der Waals surface area contributed by atoms with Crippen LogP contribution in [-0.4, -0.2) is 25.2 Å². The van der Waals surface area contributed by atoms with Gasteiger partial charge < -0.3 is 9.47 Å². The van der Waals surface area contributed by atoms with Crippen molar-refractivity contribution in [2.24, 2.45) is 16.2 Å². The smallest absolute Gasteiger partial charge is 0.338 e. The number of hydrogen-bond donors (Lipinski definition) is 0. The van der Waals surface area contributed by atoms with Crippen LogP contribution in [0, 0.1) is 16.2 Å². The van der Waals surface area contributed by atoms with E-state index < -0.39 is 5.41 Å². The molecule has 0 radical (unpaired) electrons. The molecular formula is C25H32O4. The van der Waals surface area contributed by atoms with Gasteiger partial charge in [-0.2, -0.15) is 0 Å². The zero-order valence-electron chi connectivity index (χ0n) is 18.3. The fourth-order valence-corrected chi connectivity index (χ4v) is 3.73. The number of benzene rings is 2. The fraction of sp³-hybridized carbons (Fsp3) is 0.440. The van der Waals surface area contributed by atoms with Crippen LogP contribution in [0.25, 0.3) is 0 Å². The number of carbonyl (C=O) groups is 2. The summed E-state index contributed by atoms with van der Waals surface area (Å²) in [6.45, 7) is 12.8. The predicted molar refractivity (Wildman–Crippen MR) is 115 cm³/mol. The zero-order chi connectivity index (χ0) is 21.7. The van der Waals surface area contributed by atoms with E-state index in [-0.39, 0.29) is 36.0 Å². The molecule has 0 unspecified atom stereocenters. The molecule has 0 aromatic heterocycles. The average molecular weight is 397 g/mol. The summed E-state index contributed by atoms with van der Waals surface area (Å²) in [5.41, 5.74) is -0.163. The van der Waals surface area contributed by atoms with Gasteiger partial charge in [0, 0.05) is 5.41 Å². The Labute approximate surface area is 174 Å². The number of carbonyl (C=O) groups excluding carboxylic acids is 2. The first-order chi connectivity index (χ1) is 13.5. The normalized spacial score (nSPS) is 12.3. The Morgan fingerprint density at radius 1 is 0.621 bits per heavy atom. The van der Waals surface area contributed by atoms with E-state index in [2.05, 4.69) is 41.5 Å². The van der Waals surface area contributed by atoms with Crippen LogP contribution in [-0.2, 0) is 9.47 Å². The molecule has 0 atom stereocenters. The van der Waals surface area contributed by atoms with E-state index in [0.717, 1.165) is 0 Å². The first-order valence-corrected chi connectivity index (χ1v) is 9.92. The van der Waals surface area contributed by atoms with Gasteiger partial charge in [-0.05, 0) is 35.1 Å². The van der Waals surface area contributed by atoms with E-state index in [4.69, 9.17) is 9.47 Å². The minimum Gasteiger partial charge on any atom is -0.461 e. The summed E-state index contributed by atoms with van der Waals surface area (Å²) < 4.78 is 11.5. The Hall–Kier alpha value is -2.62. The molecule has 156 valence electrons. The monoisotopic (exact) mass is 396 g/mol. The van der Waals surface area contributed by atoms with Gasteiger partial charge in [0.1, 0.15) is 13.2 Å². The van der Waals surface area contributed by atoms with Crippen LogP contribution in [0.15, 0.2) is 60.7 Å². The molecule has 0 heterocycles. The largest absolute Gasteiger partial charge is 0.461 e. The Kier molecular flexibility index (Phi) is 6.89. The van der Waals surface area contributed by atoms with Crippen molar-refractivity contribution in [3.8, 4) is 0 Å². The van der Waals surface area contributed by atoms with Gasteiger partial charge in [-0.3, -0.25) is 0 Å². The third-order valence-corrected chi connectivity index (χ3v) is 5.79. The van der Waals surface area contributed by atoms with Crippen molar-refractivity contribution in [3.05, 3.63) is 71.8 Å². The highest BCUT2D eigenvalue weighted by Gasteiger charge is 2.52. The minimum atomic E-state index is -0.588. The van der Waals surface area contributed by atoms with Gasteiger partial charge >= 0.3 is 11.9 Å². The van der Waals surface area contributed by atoms with Gasteiger partial charge in [-0.15, -0.1) is 0 Å². The lowest BCUT2D eigenvalue weighted by atomic mass is 9.54. The maximum Gasteiger partial charge on any atom is 0.338 e. The van der Waals surface area contributed by atoms with Crippen molar-refractivity contribution < 1.29 is 19.1 Å². The van der Waals surface area contributed by atoms with Crippen molar-refractivity contribution in [3.63, 3.8) is 0 Å². The molecule has 0 saturated carbocycles. The summed E-state index contributed by atoms with van der Waals surface area (Å²) in [6, 6.07) is 17.8. The number of esters is 2. The van der Waals surface area contributed by atoms with Crippen LogP contribution < -0.4 is 0 Å². The summed E-state index contributed by atoms with van der Waals surface area (Å²) in [4.78, 5) is 25.1. The fourth-order valence-electron chi connectivity index (χ4n) is 3.73. The van der Waals surface area contributed by atoms with E-state index in [0.29, 0.717) is 11.1 Å². The number of rotatable bonds is 6. The van der Waals surface area contributed by atoms with Crippen molar-refractivity contribution in [2.75, 3.05) is 13.2 Å². The number of ether oxygens (including phenoxy) is 2. The SMILES string of the molecule is CC(C)(C)C(COC(=O)c1ccccc1)(COC(=O)c1ccccc1)C(C)(C)C. The molecule has 0 N–H and O–H groups in total. The molecule has 0 spiro atoms. The average Bonchev–Trinajstić information content (AvgIpc) is 2.67. The quantitative estimate of drug-likeness (QED) is 0.581. The molecule has 4 heteroatoms. The van der Waals surface area contributed by atoms with Gasteiger partial charge in [0.25, 0.3) is 0 Å². The van der Waals surface area contributed by atoms with E-state index in [9.17, 15) is 9.59 Å². The van der Waals surface area contributed by atoms with Gasteiger partial charge in [0.15, 0.2) is 0 Å². The molecule has 0 saturated heterocycles. The summed E-state index contributed by atoms with van der Waals surface area (Å²) in [5, 5.41) is 0. The van der Waals surface area contributed by atoms with Crippen LogP contribution in [0.4, 0.5) is 0 Å². The van der Waals surface area contributed by atoms with Gasteiger partial charge in [0.2, 0.25) is 0 Å². The Morgan fingerprint density at radius 3 is 1.21 bits per heavy atom. The zero-order valence-corrected chi connectivity index (χ0v) is 18.3. The first-order valence-electron chi connectivity index (χ1n) is 9.92. The highest BCUT2D eigenvalue weighted by Crippen LogP contribution is 2.52. The lowest BCUT2D eigenvalue weighted by Gasteiger charge is -2.52. The molecule has 0 aliphatic rings. The van der Waals surface area contributed by atoms with Gasteiger partial charge in [0.05, 0.1) is 11.1 Å². The van der Waals surface area contributed by atoms with Crippen LogP contribution in [0.1, 0.15) is 62.3 Å². The maximum absolute atomic E-state index is 12.6. The predicted octanol–water partition coefficient (Wildman–Crippen LogP) is 5.78. The van der Waals surface area contributed by atoms with Crippen LogP contribution in [0.2, 0.25) is 0 Å². The molecule has 2 aromatic carbocycles. The molecule has 29 heavy (non-hydrogen) atoms. The lowest BCUT2D eigenvalue weighted by molar-refractivity contribution is -0.117. The Morgan fingerprint density at radius 2 is 0.931 bits per heavy atom. The summed E-state index contributed by atoms with van der Waals surface area (Å²) in [6.07, 6.45) is 0. The highest BCUT2D eigenvalue weighted by atomic mass is 16.5.